The summed E-state index contributed by atoms with van der Waals surface area (Å²) in [5.74, 6) is 0.728. The number of urea groups is 1. The molecule has 8 heteroatoms. The summed E-state index contributed by atoms with van der Waals surface area (Å²) < 4.78 is 0. The fraction of sp³-hybridized carbons (Fsp3) is 0.529. The third-order valence-corrected chi connectivity index (χ3v) is 5.21. The number of carbonyl (C=O) groups is 1. The molecule has 0 aliphatic carbocycles. The van der Waals surface area contributed by atoms with E-state index < -0.39 is 0 Å². The van der Waals surface area contributed by atoms with Crippen LogP contribution in [-0.4, -0.2) is 52.1 Å². The topological polar surface area (TPSA) is 74.2 Å². The molecule has 1 saturated heterocycles. The molecule has 3 rings (SSSR count). The number of aromatic nitrogens is 3. The van der Waals surface area contributed by atoms with Crippen LogP contribution in [0.5, 0.6) is 0 Å². The lowest BCUT2D eigenvalue weighted by molar-refractivity contribution is 0.198. The number of aryl methyl sites for hydroxylation is 2. The van der Waals surface area contributed by atoms with Gasteiger partial charge in [0.15, 0.2) is 0 Å². The molecule has 2 aromatic rings. The van der Waals surface area contributed by atoms with Crippen molar-refractivity contribution in [3.8, 4) is 0 Å². The number of anilines is 1. The van der Waals surface area contributed by atoms with E-state index in [1.54, 1.807) is 23.7 Å². The van der Waals surface area contributed by atoms with Crippen molar-refractivity contribution < 1.29 is 4.79 Å². The fourth-order valence-electron chi connectivity index (χ4n) is 3.07. The summed E-state index contributed by atoms with van der Waals surface area (Å²) in [6, 6.07) is 1.69. The molecule has 1 fully saturated rings. The second-order valence-corrected chi connectivity index (χ2v) is 7.63. The Hall–Kier alpha value is -2.22. The summed E-state index contributed by atoms with van der Waals surface area (Å²) in [5, 5.41) is 4.11. The minimum absolute atomic E-state index is 0.0339. The Labute approximate surface area is 152 Å². The Morgan fingerprint density at radius 2 is 1.96 bits per heavy atom. The van der Waals surface area contributed by atoms with Gasteiger partial charge < -0.3 is 15.1 Å². The van der Waals surface area contributed by atoms with Gasteiger partial charge in [-0.1, -0.05) is 0 Å². The predicted octanol–water partition coefficient (Wildman–Crippen LogP) is 2.53. The molecule has 0 spiro atoms. The van der Waals surface area contributed by atoms with Crippen molar-refractivity contribution in [3.05, 3.63) is 34.0 Å². The zero-order chi connectivity index (χ0) is 17.8. The van der Waals surface area contributed by atoms with Crippen molar-refractivity contribution in [2.75, 3.05) is 31.1 Å². The van der Waals surface area contributed by atoms with Gasteiger partial charge in [0.25, 0.3) is 0 Å². The summed E-state index contributed by atoms with van der Waals surface area (Å²) in [5.41, 5.74) is 0.963. The summed E-state index contributed by atoms with van der Waals surface area (Å²) in [6.45, 7) is 9.01. The summed E-state index contributed by atoms with van der Waals surface area (Å²) in [7, 11) is 0. The molecule has 0 aromatic carbocycles. The summed E-state index contributed by atoms with van der Waals surface area (Å²) in [6.07, 6.45) is 4.39. The Bertz CT molecular complexity index is 719. The number of hydrogen-bond acceptors (Lipinski definition) is 6. The maximum atomic E-state index is 12.6. The highest BCUT2D eigenvalue weighted by molar-refractivity contribution is 7.11. The molecule has 0 radical (unpaired) electrons. The molecule has 1 unspecified atom stereocenters. The summed E-state index contributed by atoms with van der Waals surface area (Å²) >= 11 is 1.66. The highest BCUT2D eigenvalue weighted by atomic mass is 32.1. The minimum atomic E-state index is -0.0886. The van der Waals surface area contributed by atoms with E-state index in [1.165, 1.54) is 0 Å². The molecular formula is C17H24N6OS. The number of thiazole rings is 1. The monoisotopic (exact) mass is 360 g/mol. The summed E-state index contributed by atoms with van der Waals surface area (Å²) in [4.78, 5) is 30.9. The van der Waals surface area contributed by atoms with E-state index in [4.69, 9.17) is 0 Å². The third kappa shape index (κ3) is 4.25. The van der Waals surface area contributed by atoms with Crippen molar-refractivity contribution in [3.63, 3.8) is 0 Å². The predicted molar refractivity (Wildman–Crippen MR) is 99.0 cm³/mol. The Morgan fingerprint density at radius 3 is 2.64 bits per heavy atom. The number of nitrogens with zero attached hydrogens (tertiary/aromatic N) is 5. The van der Waals surface area contributed by atoms with Crippen molar-refractivity contribution in [2.45, 2.75) is 33.2 Å². The lowest BCUT2D eigenvalue weighted by atomic mass is 10.2. The Kier molecular flexibility index (Phi) is 5.47. The van der Waals surface area contributed by atoms with Gasteiger partial charge in [0.05, 0.1) is 16.7 Å². The smallest absolute Gasteiger partial charge is 0.317 e. The van der Waals surface area contributed by atoms with Gasteiger partial charge in [0.2, 0.25) is 5.95 Å². The maximum Gasteiger partial charge on any atom is 0.317 e. The molecular weight excluding hydrogens is 336 g/mol. The van der Waals surface area contributed by atoms with Gasteiger partial charge in [0.1, 0.15) is 0 Å². The van der Waals surface area contributed by atoms with Crippen LogP contribution in [0, 0.1) is 13.8 Å². The molecule has 1 aliphatic rings. The number of hydrogen-bond donors (Lipinski definition) is 1. The van der Waals surface area contributed by atoms with Gasteiger partial charge in [-0.15, -0.1) is 11.3 Å². The zero-order valence-corrected chi connectivity index (χ0v) is 15.7. The van der Waals surface area contributed by atoms with Gasteiger partial charge in [-0.25, -0.2) is 19.7 Å². The fourth-order valence-corrected chi connectivity index (χ4v) is 3.98. The largest absolute Gasteiger partial charge is 0.339 e. The van der Waals surface area contributed by atoms with Crippen molar-refractivity contribution in [2.24, 2.45) is 0 Å². The first-order valence-electron chi connectivity index (χ1n) is 8.56. The van der Waals surface area contributed by atoms with Crippen LogP contribution in [0.1, 0.15) is 35.0 Å². The zero-order valence-electron chi connectivity index (χ0n) is 14.9. The van der Waals surface area contributed by atoms with Gasteiger partial charge in [-0.3, -0.25) is 0 Å². The van der Waals surface area contributed by atoms with E-state index in [0.29, 0.717) is 6.54 Å². The standard InChI is InChI=1S/C17H24N6OS/c1-12(15-13(2)25-14(3)21-15)20-17(24)23-9-5-8-22(10-11-23)16-18-6-4-7-19-16/h4,6-7,12H,5,8-11H2,1-3H3,(H,20,24). The SMILES string of the molecule is Cc1nc(C(C)NC(=O)N2CCCN(c3ncccn3)CC2)c(C)s1. The van der Waals surface area contributed by atoms with Crippen LogP contribution in [0.4, 0.5) is 10.7 Å². The average Bonchev–Trinajstić information content (AvgIpc) is 2.81. The van der Waals surface area contributed by atoms with Crippen LogP contribution in [-0.2, 0) is 0 Å². The quantitative estimate of drug-likeness (QED) is 0.910. The first-order chi connectivity index (χ1) is 12.0. The van der Waals surface area contributed by atoms with E-state index in [9.17, 15) is 4.79 Å². The maximum absolute atomic E-state index is 12.6. The number of rotatable bonds is 3. The molecule has 0 bridgehead atoms. The van der Waals surface area contributed by atoms with Gasteiger partial charge in [-0.2, -0.15) is 0 Å². The van der Waals surface area contributed by atoms with Crippen LogP contribution < -0.4 is 10.2 Å². The minimum Gasteiger partial charge on any atom is -0.339 e. The Morgan fingerprint density at radius 1 is 1.20 bits per heavy atom. The van der Waals surface area contributed by atoms with E-state index in [1.807, 2.05) is 31.7 Å². The Balaban J connectivity index is 1.58. The second kappa shape index (κ2) is 7.77. The lowest BCUT2D eigenvalue weighted by Gasteiger charge is -2.24. The van der Waals surface area contributed by atoms with Crippen molar-refractivity contribution in [1.29, 1.82) is 0 Å². The van der Waals surface area contributed by atoms with E-state index in [0.717, 1.165) is 47.6 Å². The highest BCUT2D eigenvalue weighted by Crippen LogP contribution is 2.22. The number of carbonyl (C=O) groups excluding carboxylic acids is 1. The van der Waals surface area contributed by atoms with Crippen molar-refractivity contribution >= 4 is 23.3 Å². The van der Waals surface area contributed by atoms with Gasteiger partial charge >= 0.3 is 6.03 Å². The molecule has 1 N–H and O–H groups in total. The first-order valence-corrected chi connectivity index (χ1v) is 9.37. The molecule has 2 aromatic heterocycles. The molecule has 2 amide bonds. The molecule has 25 heavy (non-hydrogen) atoms. The molecule has 0 saturated carbocycles. The lowest BCUT2D eigenvalue weighted by Crippen LogP contribution is -2.43. The second-order valence-electron chi connectivity index (χ2n) is 6.22. The van der Waals surface area contributed by atoms with E-state index in [2.05, 4.69) is 25.2 Å². The number of nitrogens with one attached hydrogen (secondary N) is 1. The molecule has 7 nitrogen and oxygen atoms in total. The molecule has 3 heterocycles. The van der Waals surface area contributed by atoms with E-state index >= 15 is 0 Å². The average molecular weight is 360 g/mol. The molecule has 1 atom stereocenters. The molecule has 134 valence electrons. The van der Waals surface area contributed by atoms with Gasteiger partial charge in [0, 0.05) is 43.4 Å². The van der Waals surface area contributed by atoms with Crippen LogP contribution in [0.2, 0.25) is 0 Å². The van der Waals surface area contributed by atoms with Crippen LogP contribution in [0.3, 0.4) is 0 Å². The third-order valence-electron chi connectivity index (χ3n) is 4.31. The van der Waals surface area contributed by atoms with Crippen LogP contribution in [0.15, 0.2) is 18.5 Å². The van der Waals surface area contributed by atoms with Crippen molar-refractivity contribution in [1.82, 2.24) is 25.2 Å². The highest BCUT2D eigenvalue weighted by Gasteiger charge is 2.23. The number of amides is 2. The normalized spacial score (nSPS) is 16.4. The first kappa shape index (κ1) is 17.6. The van der Waals surface area contributed by atoms with E-state index in [-0.39, 0.29) is 12.1 Å². The van der Waals surface area contributed by atoms with Crippen LogP contribution in [0.25, 0.3) is 0 Å². The van der Waals surface area contributed by atoms with Gasteiger partial charge in [-0.05, 0) is 33.3 Å². The molecule has 1 aliphatic heterocycles. The van der Waals surface area contributed by atoms with Crippen LogP contribution >= 0.6 is 11.3 Å².